The summed E-state index contributed by atoms with van der Waals surface area (Å²) in [5, 5.41) is 9.10. The highest BCUT2D eigenvalue weighted by atomic mass is 16.4. The summed E-state index contributed by atoms with van der Waals surface area (Å²) in [4.78, 5) is 13.1. The Bertz CT molecular complexity index is 369. The van der Waals surface area contributed by atoms with Gasteiger partial charge in [-0.15, -0.1) is 0 Å². The van der Waals surface area contributed by atoms with Crippen LogP contribution < -0.4 is 4.90 Å². The normalized spacial score (nSPS) is 17.1. The van der Waals surface area contributed by atoms with Crippen molar-refractivity contribution in [1.82, 2.24) is 0 Å². The monoisotopic (exact) mass is 247 g/mol. The molecule has 0 unspecified atom stereocenters. The van der Waals surface area contributed by atoms with Crippen molar-refractivity contribution in [2.45, 2.75) is 44.6 Å². The summed E-state index contributed by atoms with van der Waals surface area (Å²) in [5.41, 5.74) is 1.03. The highest BCUT2D eigenvalue weighted by molar-refractivity contribution is 5.74. The van der Waals surface area contributed by atoms with Crippen molar-refractivity contribution >= 4 is 11.7 Å². The minimum absolute atomic E-state index is 0.106. The lowest BCUT2D eigenvalue weighted by atomic mass is 10.1. The third-order valence-corrected chi connectivity index (χ3v) is 3.66. The number of para-hydroxylation sites is 1. The van der Waals surface area contributed by atoms with E-state index in [1.54, 1.807) is 0 Å². The highest BCUT2D eigenvalue weighted by Crippen LogP contribution is 2.26. The molecule has 1 aliphatic carbocycles. The predicted molar refractivity (Wildman–Crippen MR) is 72.9 cm³/mol. The van der Waals surface area contributed by atoms with Crippen molar-refractivity contribution < 1.29 is 9.90 Å². The fourth-order valence-corrected chi connectivity index (χ4v) is 2.77. The van der Waals surface area contributed by atoms with Crippen molar-refractivity contribution in [2.24, 2.45) is 0 Å². The number of nitrogens with zero attached hydrogens (tertiary/aromatic N) is 1. The van der Waals surface area contributed by atoms with Gasteiger partial charge in [0.25, 0.3) is 0 Å². The molecule has 0 saturated heterocycles. The van der Waals surface area contributed by atoms with Gasteiger partial charge in [-0.3, -0.25) is 4.79 Å². The zero-order valence-electron chi connectivity index (χ0n) is 10.7. The Morgan fingerprint density at radius 1 is 1.11 bits per heavy atom. The van der Waals surface area contributed by atoms with Gasteiger partial charge < -0.3 is 10.0 Å². The molecule has 1 N–H and O–H groups in total. The van der Waals surface area contributed by atoms with Crippen LogP contribution in [0.25, 0.3) is 0 Å². The van der Waals surface area contributed by atoms with Crippen molar-refractivity contribution in [2.75, 3.05) is 11.4 Å². The van der Waals surface area contributed by atoms with E-state index in [1.807, 2.05) is 30.3 Å². The summed E-state index contributed by atoms with van der Waals surface area (Å²) in [6.07, 6.45) is 7.23. The van der Waals surface area contributed by atoms with Crippen LogP contribution in [0.5, 0.6) is 0 Å². The first kappa shape index (κ1) is 12.9. The minimum atomic E-state index is -0.747. The Hall–Kier alpha value is -1.51. The van der Waals surface area contributed by atoms with Gasteiger partial charge in [0.15, 0.2) is 0 Å². The van der Waals surface area contributed by atoms with Crippen LogP contribution in [0.3, 0.4) is 0 Å². The molecule has 1 aliphatic rings. The molecule has 3 nitrogen and oxygen atoms in total. The molecular formula is C15H21NO2. The molecular weight excluding hydrogens is 226 g/mol. The zero-order valence-corrected chi connectivity index (χ0v) is 10.7. The Labute approximate surface area is 108 Å². The van der Waals surface area contributed by atoms with E-state index in [1.165, 1.54) is 25.7 Å². The molecule has 2 rings (SSSR count). The number of rotatable bonds is 4. The summed E-state index contributed by atoms with van der Waals surface area (Å²) in [5.74, 6) is -0.747. The lowest BCUT2D eigenvalue weighted by Gasteiger charge is -2.31. The largest absolute Gasteiger partial charge is 0.480 e. The topological polar surface area (TPSA) is 40.5 Å². The summed E-state index contributed by atoms with van der Waals surface area (Å²) in [7, 11) is 0. The maximum atomic E-state index is 11.1. The second-order valence-corrected chi connectivity index (χ2v) is 5.00. The molecule has 0 aromatic heterocycles. The van der Waals surface area contributed by atoms with E-state index in [2.05, 4.69) is 4.90 Å². The maximum absolute atomic E-state index is 11.1. The Morgan fingerprint density at radius 2 is 1.72 bits per heavy atom. The number of carboxylic acid groups (broad SMARTS) is 1. The molecule has 98 valence electrons. The van der Waals surface area contributed by atoms with Crippen molar-refractivity contribution in [3.8, 4) is 0 Å². The highest BCUT2D eigenvalue weighted by Gasteiger charge is 2.22. The SMILES string of the molecule is O=C(O)CN(c1ccccc1)C1CCCCCC1. The predicted octanol–water partition coefficient (Wildman–Crippen LogP) is 3.30. The van der Waals surface area contributed by atoms with Gasteiger partial charge in [0.1, 0.15) is 6.54 Å². The van der Waals surface area contributed by atoms with Crippen LogP contribution in [-0.4, -0.2) is 23.7 Å². The molecule has 0 spiro atoms. The molecule has 1 aromatic rings. The fraction of sp³-hybridized carbons (Fsp3) is 0.533. The molecule has 1 aromatic carbocycles. The van der Waals surface area contributed by atoms with E-state index in [-0.39, 0.29) is 6.54 Å². The molecule has 3 heteroatoms. The van der Waals surface area contributed by atoms with E-state index in [4.69, 9.17) is 5.11 Å². The quantitative estimate of drug-likeness (QED) is 0.830. The van der Waals surface area contributed by atoms with Gasteiger partial charge in [-0.1, -0.05) is 43.9 Å². The molecule has 0 atom stereocenters. The van der Waals surface area contributed by atoms with Gasteiger partial charge in [0, 0.05) is 11.7 Å². The summed E-state index contributed by atoms with van der Waals surface area (Å²) < 4.78 is 0. The first-order chi connectivity index (χ1) is 8.77. The standard InChI is InChI=1S/C15H21NO2/c17-15(18)12-16(14-10-6-3-7-11-14)13-8-4-1-2-5-9-13/h3,6-7,10-11,13H,1-2,4-5,8-9,12H2,(H,17,18). The van der Waals surface area contributed by atoms with Gasteiger partial charge in [0.05, 0.1) is 0 Å². The molecule has 1 fully saturated rings. The lowest BCUT2D eigenvalue weighted by Crippen LogP contribution is -2.39. The fourth-order valence-electron chi connectivity index (χ4n) is 2.77. The van der Waals surface area contributed by atoms with Gasteiger partial charge >= 0.3 is 5.97 Å². The number of hydrogen-bond acceptors (Lipinski definition) is 2. The summed E-state index contributed by atoms with van der Waals surface area (Å²) in [6.45, 7) is 0.106. The average Bonchev–Trinajstić information content (AvgIpc) is 2.65. The van der Waals surface area contributed by atoms with E-state index in [0.29, 0.717) is 6.04 Å². The molecule has 0 aliphatic heterocycles. The van der Waals surface area contributed by atoms with E-state index in [9.17, 15) is 4.79 Å². The van der Waals surface area contributed by atoms with Gasteiger partial charge in [-0.2, -0.15) is 0 Å². The van der Waals surface area contributed by atoms with Crippen molar-refractivity contribution in [1.29, 1.82) is 0 Å². The first-order valence-corrected chi connectivity index (χ1v) is 6.81. The third kappa shape index (κ3) is 3.49. The Kier molecular flexibility index (Phi) is 4.62. The Balaban J connectivity index is 2.15. The first-order valence-electron chi connectivity index (χ1n) is 6.81. The van der Waals surface area contributed by atoms with Gasteiger partial charge in [-0.05, 0) is 25.0 Å². The number of benzene rings is 1. The minimum Gasteiger partial charge on any atom is -0.480 e. The zero-order chi connectivity index (χ0) is 12.8. The van der Waals surface area contributed by atoms with E-state index < -0.39 is 5.97 Å². The molecule has 0 radical (unpaired) electrons. The van der Waals surface area contributed by atoms with Crippen LogP contribution in [-0.2, 0) is 4.79 Å². The third-order valence-electron chi connectivity index (χ3n) is 3.66. The Morgan fingerprint density at radius 3 is 2.28 bits per heavy atom. The second kappa shape index (κ2) is 6.43. The van der Waals surface area contributed by atoms with E-state index >= 15 is 0 Å². The maximum Gasteiger partial charge on any atom is 0.323 e. The second-order valence-electron chi connectivity index (χ2n) is 5.00. The van der Waals surface area contributed by atoms with Crippen LogP contribution >= 0.6 is 0 Å². The number of aliphatic carboxylic acids is 1. The van der Waals surface area contributed by atoms with Crippen LogP contribution in [0.1, 0.15) is 38.5 Å². The summed E-state index contributed by atoms with van der Waals surface area (Å²) in [6, 6.07) is 10.3. The number of carboxylic acids is 1. The van der Waals surface area contributed by atoms with Crippen LogP contribution in [0.2, 0.25) is 0 Å². The van der Waals surface area contributed by atoms with Crippen LogP contribution in [0.4, 0.5) is 5.69 Å². The average molecular weight is 247 g/mol. The number of hydrogen-bond donors (Lipinski definition) is 1. The molecule has 0 amide bonds. The molecule has 0 heterocycles. The lowest BCUT2D eigenvalue weighted by molar-refractivity contribution is -0.135. The molecule has 1 saturated carbocycles. The number of anilines is 1. The smallest absolute Gasteiger partial charge is 0.323 e. The summed E-state index contributed by atoms with van der Waals surface area (Å²) >= 11 is 0. The molecule has 0 bridgehead atoms. The van der Waals surface area contributed by atoms with Crippen LogP contribution in [0.15, 0.2) is 30.3 Å². The van der Waals surface area contributed by atoms with Crippen LogP contribution in [0, 0.1) is 0 Å². The van der Waals surface area contributed by atoms with E-state index in [0.717, 1.165) is 18.5 Å². The van der Waals surface area contributed by atoms with Gasteiger partial charge in [0.2, 0.25) is 0 Å². The van der Waals surface area contributed by atoms with Gasteiger partial charge in [-0.25, -0.2) is 0 Å². The van der Waals surface area contributed by atoms with Crippen molar-refractivity contribution in [3.63, 3.8) is 0 Å². The number of carbonyl (C=O) groups is 1. The molecule has 18 heavy (non-hydrogen) atoms. The van der Waals surface area contributed by atoms with Crippen molar-refractivity contribution in [3.05, 3.63) is 30.3 Å².